The molecule has 2 heterocycles. The maximum absolute atomic E-state index is 11.7. The number of aliphatic carboxylic acids is 2. The van der Waals surface area contributed by atoms with Gasteiger partial charge in [-0.3, -0.25) is 4.79 Å². The second kappa shape index (κ2) is 3.73. The van der Waals surface area contributed by atoms with Gasteiger partial charge in [-0.25, -0.2) is 9.59 Å². The fraction of sp³-hybridized carbons (Fsp3) is 0.545. The third kappa shape index (κ3) is 1.35. The first-order valence-corrected chi connectivity index (χ1v) is 6.32. The fourth-order valence-corrected chi connectivity index (χ4v) is 4.45. The molecule has 0 aromatic carbocycles. The number of aliphatic hydroxyl groups excluding tert-OH is 1. The van der Waals surface area contributed by atoms with E-state index in [1.165, 1.54) is 13.8 Å². The summed E-state index contributed by atoms with van der Waals surface area (Å²) >= 11 is 1.06. The minimum atomic E-state index is -2.05. The van der Waals surface area contributed by atoms with Crippen LogP contribution < -0.4 is 0 Å². The summed E-state index contributed by atoms with van der Waals surface area (Å²) in [5.74, 6) is -3.72. The van der Waals surface area contributed by atoms with Crippen LogP contribution >= 0.6 is 11.8 Å². The van der Waals surface area contributed by atoms with E-state index in [0.717, 1.165) is 16.7 Å². The summed E-state index contributed by atoms with van der Waals surface area (Å²) in [6, 6.07) is 0. The maximum Gasteiger partial charge on any atom is 0.336 e. The average molecular weight is 287 g/mol. The smallest absolute Gasteiger partial charge is 0.336 e. The van der Waals surface area contributed by atoms with Crippen molar-refractivity contribution >= 4 is 29.6 Å². The van der Waals surface area contributed by atoms with Crippen LogP contribution in [0.4, 0.5) is 0 Å². The molecule has 2 rings (SSSR count). The Bertz CT molecular complexity index is 515. The molecular weight excluding hydrogens is 274 g/mol. The summed E-state index contributed by atoms with van der Waals surface area (Å²) in [6.07, 6.45) is -1.30. The van der Waals surface area contributed by atoms with E-state index in [-0.39, 0.29) is 0 Å². The number of rotatable bonds is 3. The quantitative estimate of drug-likeness (QED) is 0.473. The fourth-order valence-electron chi connectivity index (χ4n) is 2.75. The van der Waals surface area contributed by atoms with Crippen molar-refractivity contribution in [2.75, 3.05) is 0 Å². The lowest BCUT2D eigenvalue weighted by molar-refractivity contribution is -0.178. The van der Waals surface area contributed by atoms with E-state index in [1.54, 1.807) is 0 Å². The summed E-state index contributed by atoms with van der Waals surface area (Å²) in [5.41, 5.74) is -2.63. The highest BCUT2D eigenvalue weighted by molar-refractivity contribution is 8.01. The van der Waals surface area contributed by atoms with Crippen LogP contribution in [0.1, 0.15) is 13.8 Å². The molecule has 2 aliphatic heterocycles. The third-order valence-electron chi connectivity index (χ3n) is 3.67. The Balaban J connectivity index is 2.65. The minimum absolute atomic E-state index is 0.583. The number of hydrogen-bond acceptors (Lipinski definition) is 5. The molecule has 19 heavy (non-hydrogen) atoms. The first kappa shape index (κ1) is 13.9. The monoisotopic (exact) mass is 287 g/mol. The second-order valence-corrected chi connectivity index (χ2v) is 6.71. The van der Waals surface area contributed by atoms with Crippen molar-refractivity contribution in [1.82, 2.24) is 4.90 Å². The van der Waals surface area contributed by atoms with Gasteiger partial charge in [0.2, 0.25) is 0 Å². The van der Waals surface area contributed by atoms with Crippen LogP contribution in [0.15, 0.2) is 12.2 Å². The Kier molecular flexibility index (Phi) is 2.73. The van der Waals surface area contributed by atoms with E-state index in [1.807, 2.05) is 0 Å². The van der Waals surface area contributed by atoms with E-state index >= 15 is 0 Å². The van der Waals surface area contributed by atoms with Gasteiger partial charge in [0.05, 0.1) is 10.3 Å². The summed E-state index contributed by atoms with van der Waals surface area (Å²) in [5, 5.41) is 27.4. The number of β-lactam (4-membered cyclic amide) rings is 1. The molecule has 2 aliphatic rings. The molecular formula is C11H13NO6S. The number of amides is 1. The van der Waals surface area contributed by atoms with Gasteiger partial charge in [-0.1, -0.05) is 6.58 Å². The van der Waals surface area contributed by atoms with Crippen molar-refractivity contribution in [3.05, 3.63) is 12.2 Å². The maximum atomic E-state index is 11.7. The van der Waals surface area contributed by atoms with Gasteiger partial charge in [-0.05, 0) is 13.8 Å². The molecule has 104 valence electrons. The Labute approximate surface area is 112 Å². The zero-order chi connectivity index (χ0) is 14.7. The lowest BCUT2D eigenvalue weighted by atomic mass is 9.75. The standard InChI is InChI=1S/C11H13NO6S/c1-4(8(15)16)11(9(17)18)10(2,3)19-7-5(13)6(14)12(7)11/h5,7,13H,1H2,2-3H3,(H,15,16)(H,17,18)/t5-,7+,11-/m0/s1. The van der Waals surface area contributed by atoms with Gasteiger partial charge in [0, 0.05) is 0 Å². The molecule has 1 amide bonds. The first-order valence-electron chi connectivity index (χ1n) is 5.44. The van der Waals surface area contributed by atoms with E-state index in [0.29, 0.717) is 0 Å². The normalized spacial score (nSPS) is 35.5. The summed E-state index contributed by atoms with van der Waals surface area (Å²) in [6.45, 7) is 6.39. The first-order chi connectivity index (χ1) is 8.59. The lowest BCUT2D eigenvalue weighted by Crippen LogP contribution is -2.73. The summed E-state index contributed by atoms with van der Waals surface area (Å²) < 4.78 is -1.12. The molecule has 0 spiro atoms. The molecule has 0 aliphatic carbocycles. The van der Waals surface area contributed by atoms with Gasteiger partial charge < -0.3 is 20.2 Å². The van der Waals surface area contributed by atoms with Crippen LogP contribution in [-0.4, -0.2) is 59.8 Å². The zero-order valence-corrected chi connectivity index (χ0v) is 11.1. The van der Waals surface area contributed by atoms with Gasteiger partial charge in [0.15, 0.2) is 11.6 Å². The summed E-state index contributed by atoms with van der Waals surface area (Å²) in [7, 11) is 0. The molecule has 3 atom stereocenters. The van der Waals surface area contributed by atoms with Crippen LogP contribution in [-0.2, 0) is 14.4 Å². The molecule has 2 saturated heterocycles. The van der Waals surface area contributed by atoms with Gasteiger partial charge in [-0.15, -0.1) is 11.8 Å². The van der Waals surface area contributed by atoms with Crippen molar-refractivity contribution < 1.29 is 29.7 Å². The van der Waals surface area contributed by atoms with Crippen LogP contribution in [0.2, 0.25) is 0 Å². The van der Waals surface area contributed by atoms with Gasteiger partial charge in [0.25, 0.3) is 5.91 Å². The molecule has 7 nitrogen and oxygen atoms in total. The third-order valence-corrected chi connectivity index (χ3v) is 5.26. The van der Waals surface area contributed by atoms with E-state index in [4.69, 9.17) is 5.11 Å². The van der Waals surface area contributed by atoms with Crippen molar-refractivity contribution in [3.63, 3.8) is 0 Å². The minimum Gasteiger partial charge on any atom is -0.479 e. The van der Waals surface area contributed by atoms with Crippen LogP contribution in [0, 0.1) is 0 Å². The second-order valence-electron chi connectivity index (χ2n) is 4.97. The molecule has 0 unspecified atom stereocenters. The molecule has 0 aromatic heterocycles. The Morgan fingerprint density at radius 2 is 1.89 bits per heavy atom. The number of carboxylic acid groups (broad SMARTS) is 2. The largest absolute Gasteiger partial charge is 0.479 e. The molecule has 8 heteroatoms. The van der Waals surface area contributed by atoms with Crippen molar-refractivity contribution in [3.8, 4) is 0 Å². The van der Waals surface area contributed by atoms with E-state index < -0.39 is 45.2 Å². The van der Waals surface area contributed by atoms with Crippen LogP contribution in [0.5, 0.6) is 0 Å². The molecule has 2 fully saturated rings. The number of hydrogen-bond donors (Lipinski definition) is 3. The van der Waals surface area contributed by atoms with Crippen LogP contribution in [0.25, 0.3) is 0 Å². The molecule has 0 saturated carbocycles. The predicted molar refractivity (Wildman–Crippen MR) is 65.5 cm³/mol. The van der Waals surface area contributed by atoms with E-state index in [2.05, 4.69) is 6.58 Å². The molecule has 0 radical (unpaired) electrons. The van der Waals surface area contributed by atoms with Gasteiger partial charge in [0.1, 0.15) is 5.37 Å². The average Bonchev–Trinajstić information content (AvgIpc) is 2.53. The number of carbonyl (C=O) groups is 3. The number of thioether (sulfide) groups is 1. The number of fused-ring (bicyclic) bond motifs is 1. The molecule has 3 N–H and O–H groups in total. The van der Waals surface area contributed by atoms with Crippen molar-refractivity contribution in [1.29, 1.82) is 0 Å². The predicted octanol–water partition coefficient (Wildman–Crippen LogP) is -0.495. The number of nitrogens with zero attached hydrogens (tertiary/aromatic N) is 1. The molecule has 0 bridgehead atoms. The number of aliphatic hydroxyl groups is 1. The summed E-state index contributed by atoms with van der Waals surface area (Å²) in [4.78, 5) is 35.6. The van der Waals surface area contributed by atoms with Gasteiger partial charge in [-0.2, -0.15) is 0 Å². The van der Waals surface area contributed by atoms with Crippen molar-refractivity contribution in [2.24, 2.45) is 0 Å². The number of carbonyl (C=O) groups excluding carboxylic acids is 1. The van der Waals surface area contributed by atoms with Gasteiger partial charge >= 0.3 is 11.9 Å². The van der Waals surface area contributed by atoms with Crippen LogP contribution in [0.3, 0.4) is 0 Å². The highest BCUT2D eigenvalue weighted by Crippen LogP contribution is 2.59. The highest BCUT2D eigenvalue weighted by Gasteiger charge is 2.74. The Morgan fingerprint density at radius 1 is 1.37 bits per heavy atom. The number of carboxylic acids is 2. The molecule has 0 aromatic rings. The van der Waals surface area contributed by atoms with E-state index in [9.17, 15) is 24.6 Å². The zero-order valence-electron chi connectivity index (χ0n) is 10.3. The Hall–Kier alpha value is -1.54. The SMILES string of the molecule is C=C(C(=O)O)[C@@]1(C(=O)O)N2C(=O)[C@H](O)[C@H]2SC1(C)C. The highest BCUT2D eigenvalue weighted by atomic mass is 32.2. The Morgan fingerprint density at radius 3 is 2.32 bits per heavy atom. The van der Waals surface area contributed by atoms with Crippen molar-refractivity contribution in [2.45, 2.75) is 35.6 Å². The topological polar surface area (TPSA) is 115 Å². The lowest BCUT2D eigenvalue weighted by Gasteiger charge is -2.48.